The number of carbonyl (C=O) groups is 2. The predicted octanol–water partition coefficient (Wildman–Crippen LogP) is 6.29. The number of hydrogen-bond acceptors (Lipinski definition) is 5. The zero-order chi connectivity index (χ0) is 26.6. The van der Waals surface area contributed by atoms with Gasteiger partial charge in [-0.25, -0.2) is 8.42 Å². The summed E-state index contributed by atoms with van der Waals surface area (Å²) in [6, 6.07) is 22.9. The van der Waals surface area contributed by atoms with Crippen LogP contribution < -0.4 is 14.8 Å². The van der Waals surface area contributed by atoms with E-state index in [0.29, 0.717) is 10.8 Å². The van der Waals surface area contributed by atoms with Gasteiger partial charge in [0.15, 0.2) is 5.78 Å². The van der Waals surface area contributed by atoms with E-state index in [1.807, 2.05) is 0 Å². The highest BCUT2D eigenvalue weighted by Crippen LogP contribution is 2.27. The number of hydrogen-bond donors (Lipinski definition) is 2. The maximum atomic E-state index is 13.1. The molecule has 0 bridgehead atoms. The number of carbonyl (C=O) groups excluding carboxylic acids is 2. The fourth-order valence-electron chi connectivity index (χ4n) is 3.46. The Morgan fingerprint density at radius 2 is 1.49 bits per heavy atom. The summed E-state index contributed by atoms with van der Waals surface area (Å²) < 4.78 is 32.8. The van der Waals surface area contributed by atoms with Crippen molar-refractivity contribution in [3.8, 4) is 5.75 Å². The van der Waals surface area contributed by atoms with Gasteiger partial charge < -0.3 is 10.1 Å². The third-order valence-corrected chi connectivity index (χ3v) is 7.32. The van der Waals surface area contributed by atoms with Gasteiger partial charge in [0, 0.05) is 27.4 Å². The molecule has 0 unspecified atom stereocenters. The molecular formula is C27H20Cl2N2O5S. The summed E-state index contributed by atoms with van der Waals surface area (Å²) in [5.74, 6) is -0.362. The molecular weight excluding hydrogens is 535 g/mol. The van der Waals surface area contributed by atoms with E-state index in [-0.39, 0.29) is 38.0 Å². The van der Waals surface area contributed by atoms with Crippen LogP contribution in [0.4, 0.5) is 11.4 Å². The van der Waals surface area contributed by atoms with E-state index < -0.39 is 21.7 Å². The van der Waals surface area contributed by atoms with Crippen LogP contribution in [0, 0.1) is 0 Å². The summed E-state index contributed by atoms with van der Waals surface area (Å²) >= 11 is 12.3. The first kappa shape index (κ1) is 26.2. The highest BCUT2D eigenvalue weighted by atomic mass is 35.5. The lowest BCUT2D eigenvalue weighted by molar-refractivity contribution is 0.102. The summed E-state index contributed by atoms with van der Waals surface area (Å²) in [5, 5.41) is 3.31. The van der Waals surface area contributed by atoms with Crippen LogP contribution >= 0.6 is 23.2 Å². The van der Waals surface area contributed by atoms with Crippen LogP contribution in [0.1, 0.15) is 26.3 Å². The van der Waals surface area contributed by atoms with Crippen molar-refractivity contribution in [1.29, 1.82) is 0 Å². The molecule has 4 aromatic rings. The molecule has 0 aliphatic carbocycles. The summed E-state index contributed by atoms with van der Waals surface area (Å²) in [7, 11) is -2.35. The van der Waals surface area contributed by atoms with E-state index in [9.17, 15) is 18.0 Å². The molecule has 0 fully saturated rings. The molecule has 7 nitrogen and oxygen atoms in total. The number of sulfonamides is 1. The molecule has 2 N–H and O–H groups in total. The van der Waals surface area contributed by atoms with Gasteiger partial charge >= 0.3 is 0 Å². The number of ether oxygens (including phenoxy) is 1. The Hall–Kier alpha value is -3.85. The van der Waals surface area contributed by atoms with E-state index in [1.54, 1.807) is 42.5 Å². The van der Waals surface area contributed by atoms with E-state index in [4.69, 9.17) is 27.9 Å². The van der Waals surface area contributed by atoms with E-state index >= 15 is 0 Å². The molecule has 4 aromatic carbocycles. The lowest BCUT2D eigenvalue weighted by atomic mass is 10.0. The number of methoxy groups -OCH3 is 1. The van der Waals surface area contributed by atoms with E-state index in [1.165, 1.54) is 55.6 Å². The fraction of sp³-hybridized carbons (Fsp3) is 0.0370. The minimum atomic E-state index is -3.84. The van der Waals surface area contributed by atoms with Gasteiger partial charge in [-0.05, 0) is 78.9 Å². The second-order valence-electron chi connectivity index (χ2n) is 7.81. The zero-order valence-electron chi connectivity index (χ0n) is 19.4. The third kappa shape index (κ3) is 6.11. The second-order valence-corrected chi connectivity index (χ2v) is 10.3. The molecule has 37 heavy (non-hydrogen) atoms. The number of anilines is 2. The Labute approximate surface area is 224 Å². The molecule has 0 aromatic heterocycles. The summed E-state index contributed by atoms with van der Waals surface area (Å²) in [4.78, 5) is 26.1. The van der Waals surface area contributed by atoms with E-state index in [2.05, 4.69) is 10.0 Å². The van der Waals surface area contributed by atoms with Gasteiger partial charge in [0.25, 0.3) is 15.9 Å². The number of halogens is 2. The standard InChI is InChI=1S/C27H20Cl2N2O5S/c1-36-20-11-13-21(14-12-20)37(34,35)31-19-9-6-17(7-10-19)27(33)30-25-15-8-18(28)16-23(25)26(32)22-4-2-3-5-24(22)29/h2-16,31H,1H3,(H,30,33). The second kappa shape index (κ2) is 11.0. The first-order valence-electron chi connectivity index (χ1n) is 10.8. The Morgan fingerprint density at radius 1 is 0.811 bits per heavy atom. The number of rotatable bonds is 8. The maximum absolute atomic E-state index is 13.1. The maximum Gasteiger partial charge on any atom is 0.261 e. The van der Waals surface area contributed by atoms with Crippen molar-refractivity contribution in [3.05, 3.63) is 118 Å². The monoisotopic (exact) mass is 554 g/mol. The normalized spacial score (nSPS) is 11.0. The highest BCUT2D eigenvalue weighted by molar-refractivity contribution is 7.92. The molecule has 10 heteroatoms. The van der Waals surface area contributed by atoms with Gasteiger partial charge in [-0.1, -0.05) is 35.3 Å². The van der Waals surface area contributed by atoms with Crippen molar-refractivity contribution < 1.29 is 22.7 Å². The quantitative estimate of drug-likeness (QED) is 0.249. The summed E-state index contributed by atoms with van der Waals surface area (Å²) in [6.07, 6.45) is 0. The first-order chi connectivity index (χ1) is 17.7. The van der Waals surface area contributed by atoms with Crippen LogP contribution in [0.2, 0.25) is 10.0 Å². The highest BCUT2D eigenvalue weighted by Gasteiger charge is 2.19. The topological polar surface area (TPSA) is 102 Å². The van der Waals surface area contributed by atoms with Crippen molar-refractivity contribution in [2.45, 2.75) is 4.90 Å². The minimum Gasteiger partial charge on any atom is -0.497 e. The van der Waals surface area contributed by atoms with Crippen LogP contribution in [0.25, 0.3) is 0 Å². The minimum absolute atomic E-state index is 0.0635. The molecule has 0 saturated heterocycles. The van der Waals surface area contributed by atoms with Crippen LogP contribution in [-0.4, -0.2) is 27.2 Å². The molecule has 0 aliphatic heterocycles. The Kier molecular flexibility index (Phi) is 7.83. The Morgan fingerprint density at radius 3 is 2.14 bits per heavy atom. The van der Waals surface area contributed by atoms with Crippen LogP contribution in [0.5, 0.6) is 5.75 Å². The van der Waals surface area contributed by atoms with Crippen LogP contribution in [-0.2, 0) is 10.0 Å². The zero-order valence-corrected chi connectivity index (χ0v) is 21.7. The molecule has 0 radical (unpaired) electrons. The largest absolute Gasteiger partial charge is 0.497 e. The van der Waals surface area contributed by atoms with Crippen molar-refractivity contribution in [2.75, 3.05) is 17.1 Å². The average molecular weight is 555 g/mol. The smallest absolute Gasteiger partial charge is 0.261 e. The van der Waals surface area contributed by atoms with Crippen molar-refractivity contribution >= 4 is 56.3 Å². The average Bonchev–Trinajstić information content (AvgIpc) is 2.89. The number of benzene rings is 4. The van der Waals surface area contributed by atoms with Crippen LogP contribution in [0.15, 0.2) is 95.9 Å². The lowest BCUT2D eigenvalue weighted by Gasteiger charge is -2.13. The van der Waals surface area contributed by atoms with Crippen molar-refractivity contribution in [2.24, 2.45) is 0 Å². The number of nitrogens with one attached hydrogen (secondary N) is 2. The van der Waals surface area contributed by atoms with Gasteiger partial charge in [0.2, 0.25) is 0 Å². The van der Waals surface area contributed by atoms with Gasteiger partial charge in [-0.2, -0.15) is 0 Å². The predicted molar refractivity (Wildman–Crippen MR) is 145 cm³/mol. The summed E-state index contributed by atoms with van der Waals surface area (Å²) in [5.41, 5.74) is 1.23. The van der Waals surface area contributed by atoms with Crippen molar-refractivity contribution in [1.82, 2.24) is 0 Å². The van der Waals surface area contributed by atoms with Gasteiger partial charge in [0.1, 0.15) is 5.75 Å². The molecule has 4 rings (SSSR count). The molecule has 1 amide bonds. The summed E-state index contributed by atoms with van der Waals surface area (Å²) in [6.45, 7) is 0. The fourth-order valence-corrected chi connectivity index (χ4v) is 4.91. The van der Waals surface area contributed by atoms with Gasteiger partial charge in [-0.15, -0.1) is 0 Å². The molecule has 0 saturated carbocycles. The number of amides is 1. The molecule has 0 spiro atoms. The lowest BCUT2D eigenvalue weighted by Crippen LogP contribution is -2.16. The molecule has 0 aliphatic rings. The molecule has 0 heterocycles. The Balaban J connectivity index is 1.52. The third-order valence-electron chi connectivity index (χ3n) is 5.36. The van der Waals surface area contributed by atoms with Gasteiger partial charge in [0.05, 0.1) is 22.7 Å². The van der Waals surface area contributed by atoms with Crippen molar-refractivity contribution in [3.63, 3.8) is 0 Å². The number of ketones is 1. The SMILES string of the molecule is COc1ccc(S(=O)(=O)Nc2ccc(C(=O)Nc3ccc(Cl)cc3C(=O)c3ccccc3Cl)cc2)cc1. The molecule has 0 atom stereocenters. The van der Waals surface area contributed by atoms with Crippen LogP contribution in [0.3, 0.4) is 0 Å². The van der Waals surface area contributed by atoms with Gasteiger partial charge in [-0.3, -0.25) is 14.3 Å². The van der Waals surface area contributed by atoms with E-state index in [0.717, 1.165) is 0 Å². The molecule has 188 valence electrons. The first-order valence-corrected chi connectivity index (χ1v) is 13.1. The Bertz CT molecular complexity index is 1570.